The van der Waals surface area contributed by atoms with Gasteiger partial charge in [-0.15, -0.1) is 0 Å². The SMILES string of the molecule is CC(CC(=O)NC(C)C1CCCC1)C1CCCNC1. The minimum absolute atomic E-state index is 0.262. The number of hydrogen-bond acceptors (Lipinski definition) is 2. The zero-order chi connectivity index (χ0) is 13.7. The number of hydrogen-bond donors (Lipinski definition) is 2. The van der Waals surface area contributed by atoms with Crippen LogP contribution in [0.15, 0.2) is 0 Å². The van der Waals surface area contributed by atoms with E-state index in [0.29, 0.717) is 24.3 Å². The molecule has 1 saturated carbocycles. The van der Waals surface area contributed by atoms with Gasteiger partial charge in [0, 0.05) is 12.5 Å². The molecule has 19 heavy (non-hydrogen) atoms. The van der Waals surface area contributed by atoms with Crippen molar-refractivity contribution >= 4 is 5.91 Å². The van der Waals surface area contributed by atoms with Gasteiger partial charge in [0.15, 0.2) is 0 Å². The summed E-state index contributed by atoms with van der Waals surface area (Å²) in [5, 5.41) is 6.68. The molecule has 2 N–H and O–H groups in total. The van der Waals surface area contributed by atoms with E-state index in [0.717, 1.165) is 19.0 Å². The van der Waals surface area contributed by atoms with Crippen LogP contribution < -0.4 is 10.6 Å². The molecule has 0 spiro atoms. The summed E-state index contributed by atoms with van der Waals surface area (Å²) in [7, 11) is 0. The van der Waals surface area contributed by atoms with Crippen LogP contribution >= 0.6 is 0 Å². The molecule has 3 atom stereocenters. The van der Waals surface area contributed by atoms with Gasteiger partial charge >= 0.3 is 0 Å². The third-order valence-corrected chi connectivity index (χ3v) is 5.14. The van der Waals surface area contributed by atoms with Gasteiger partial charge in [-0.25, -0.2) is 0 Å². The molecule has 1 amide bonds. The molecule has 2 fully saturated rings. The Labute approximate surface area is 117 Å². The van der Waals surface area contributed by atoms with Gasteiger partial charge in [-0.3, -0.25) is 4.79 Å². The van der Waals surface area contributed by atoms with E-state index >= 15 is 0 Å². The maximum absolute atomic E-state index is 12.1. The molecule has 110 valence electrons. The summed E-state index contributed by atoms with van der Waals surface area (Å²) in [5.41, 5.74) is 0. The Bertz CT molecular complexity index is 280. The predicted octanol–water partition coefficient (Wildman–Crippen LogP) is 2.71. The Morgan fingerprint density at radius 2 is 1.84 bits per heavy atom. The van der Waals surface area contributed by atoms with Crippen LogP contribution in [0.3, 0.4) is 0 Å². The maximum Gasteiger partial charge on any atom is 0.220 e. The first-order valence-corrected chi connectivity index (χ1v) is 8.17. The van der Waals surface area contributed by atoms with E-state index in [1.807, 2.05) is 0 Å². The molecule has 0 bridgehead atoms. The van der Waals surface area contributed by atoms with Gasteiger partial charge < -0.3 is 10.6 Å². The van der Waals surface area contributed by atoms with Crippen molar-refractivity contribution in [3.05, 3.63) is 0 Å². The topological polar surface area (TPSA) is 41.1 Å². The van der Waals surface area contributed by atoms with E-state index < -0.39 is 0 Å². The van der Waals surface area contributed by atoms with Crippen molar-refractivity contribution in [3.63, 3.8) is 0 Å². The van der Waals surface area contributed by atoms with Crippen molar-refractivity contribution in [2.45, 2.75) is 64.8 Å². The van der Waals surface area contributed by atoms with Gasteiger partial charge in [-0.05, 0) is 63.5 Å². The summed E-state index contributed by atoms with van der Waals surface area (Å²) < 4.78 is 0. The number of piperidine rings is 1. The molecule has 2 aliphatic rings. The molecule has 3 heteroatoms. The lowest BCUT2D eigenvalue weighted by molar-refractivity contribution is -0.123. The molecule has 1 heterocycles. The number of rotatable bonds is 5. The number of carbonyl (C=O) groups excluding carboxylic acids is 1. The van der Waals surface area contributed by atoms with Crippen LogP contribution in [0.25, 0.3) is 0 Å². The number of carbonyl (C=O) groups is 1. The van der Waals surface area contributed by atoms with Crippen molar-refractivity contribution in [2.75, 3.05) is 13.1 Å². The first-order valence-electron chi connectivity index (χ1n) is 8.17. The van der Waals surface area contributed by atoms with E-state index in [9.17, 15) is 4.79 Å². The second-order valence-corrected chi connectivity index (χ2v) is 6.69. The van der Waals surface area contributed by atoms with E-state index in [1.54, 1.807) is 0 Å². The van der Waals surface area contributed by atoms with Gasteiger partial charge in [0.25, 0.3) is 0 Å². The summed E-state index contributed by atoms with van der Waals surface area (Å²) in [5.74, 6) is 2.16. The number of amides is 1. The lowest BCUT2D eigenvalue weighted by atomic mass is 9.85. The normalized spacial score (nSPS) is 28.0. The first-order chi connectivity index (χ1) is 9.16. The Kier molecular flexibility index (Phi) is 5.68. The Morgan fingerprint density at radius 1 is 1.16 bits per heavy atom. The molecule has 1 saturated heterocycles. The summed E-state index contributed by atoms with van der Waals surface area (Å²) in [6.07, 6.45) is 8.51. The maximum atomic E-state index is 12.1. The van der Waals surface area contributed by atoms with Crippen molar-refractivity contribution in [2.24, 2.45) is 17.8 Å². The quantitative estimate of drug-likeness (QED) is 0.803. The molecule has 3 nitrogen and oxygen atoms in total. The lowest BCUT2D eigenvalue weighted by Gasteiger charge is -2.29. The van der Waals surface area contributed by atoms with Crippen LogP contribution in [-0.2, 0) is 4.79 Å². The Balaban J connectivity index is 1.70. The van der Waals surface area contributed by atoms with E-state index in [2.05, 4.69) is 24.5 Å². The van der Waals surface area contributed by atoms with E-state index in [1.165, 1.54) is 38.5 Å². The second-order valence-electron chi connectivity index (χ2n) is 6.69. The van der Waals surface area contributed by atoms with Crippen molar-refractivity contribution < 1.29 is 4.79 Å². The summed E-state index contributed by atoms with van der Waals surface area (Å²) in [4.78, 5) is 12.1. The number of nitrogens with one attached hydrogen (secondary N) is 2. The largest absolute Gasteiger partial charge is 0.353 e. The monoisotopic (exact) mass is 266 g/mol. The molecule has 3 unspecified atom stereocenters. The standard InChI is InChI=1S/C16H30N2O/c1-12(15-8-5-9-17-11-15)10-16(19)18-13(2)14-6-3-4-7-14/h12-15,17H,3-11H2,1-2H3,(H,18,19). The van der Waals surface area contributed by atoms with Gasteiger partial charge in [0.1, 0.15) is 0 Å². The highest BCUT2D eigenvalue weighted by Gasteiger charge is 2.25. The minimum atomic E-state index is 0.262. The molecule has 1 aliphatic heterocycles. The van der Waals surface area contributed by atoms with Gasteiger partial charge in [0.2, 0.25) is 5.91 Å². The molecular formula is C16H30N2O. The fourth-order valence-electron chi connectivity index (χ4n) is 3.71. The van der Waals surface area contributed by atoms with Crippen LogP contribution in [0.1, 0.15) is 58.8 Å². The molecule has 2 rings (SSSR count). The average molecular weight is 266 g/mol. The van der Waals surface area contributed by atoms with Crippen molar-refractivity contribution in [3.8, 4) is 0 Å². The molecule has 1 aliphatic carbocycles. The fraction of sp³-hybridized carbons (Fsp3) is 0.938. The van der Waals surface area contributed by atoms with E-state index in [4.69, 9.17) is 0 Å². The van der Waals surface area contributed by atoms with Crippen LogP contribution in [-0.4, -0.2) is 25.0 Å². The van der Waals surface area contributed by atoms with Crippen LogP contribution in [0, 0.1) is 17.8 Å². The Morgan fingerprint density at radius 3 is 2.47 bits per heavy atom. The fourth-order valence-corrected chi connectivity index (χ4v) is 3.71. The zero-order valence-corrected chi connectivity index (χ0v) is 12.6. The van der Waals surface area contributed by atoms with Crippen LogP contribution in [0.5, 0.6) is 0 Å². The third-order valence-electron chi connectivity index (χ3n) is 5.14. The highest BCUT2D eigenvalue weighted by atomic mass is 16.1. The van der Waals surface area contributed by atoms with Gasteiger partial charge in [-0.2, -0.15) is 0 Å². The first kappa shape index (κ1) is 14.8. The lowest BCUT2D eigenvalue weighted by Crippen LogP contribution is -2.40. The molecule has 0 aromatic carbocycles. The molecule has 0 radical (unpaired) electrons. The summed E-state index contributed by atoms with van der Waals surface area (Å²) in [6, 6.07) is 0.367. The molecule has 0 aromatic heterocycles. The summed E-state index contributed by atoms with van der Waals surface area (Å²) >= 11 is 0. The smallest absolute Gasteiger partial charge is 0.220 e. The molecular weight excluding hydrogens is 236 g/mol. The van der Waals surface area contributed by atoms with E-state index in [-0.39, 0.29) is 5.91 Å². The predicted molar refractivity (Wildman–Crippen MR) is 78.9 cm³/mol. The van der Waals surface area contributed by atoms with Crippen LogP contribution in [0.4, 0.5) is 0 Å². The van der Waals surface area contributed by atoms with Gasteiger partial charge in [-0.1, -0.05) is 19.8 Å². The Hall–Kier alpha value is -0.570. The van der Waals surface area contributed by atoms with Gasteiger partial charge in [0.05, 0.1) is 0 Å². The zero-order valence-electron chi connectivity index (χ0n) is 12.6. The van der Waals surface area contributed by atoms with Crippen molar-refractivity contribution in [1.82, 2.24) is 10.6 Å². The molecule has 0 aromatic rings. The third kappa shape index (κ3) is 4.48. The second kappa shape index (κ2) is 7.28. The highest BCUT2D eigenvalue weighted by molar-refractivity contribution is 5.76. The highest BCUT2D eigenvalue weighted by Crippen LogP contribution is 2.28. The minimum Gasteiger partial charge on any atom is -0.353 e. The van der Waals surface area contributed by atoms with Crippen LogP contribution in [0.2, 0.25) is 0 Å². The van der Waals surface area contributed by atoms with Crippen molar-refractivity contribution in [1.29, 1.82) is 0 Å². The summed E-state index contributed by atoms with van der Waals surface area (Å²) in [6.45, 7) is 6.65. The average Bonchev–Trinajstić information content (AvgIpc) is 2.93.